The highest BCUT2D eigenvalue weighted by atomic mass is 32.2. The number of hydrogen-bond acceptors (Lipinski definition) is 4. The van der Waals surface area contributed by atoms with E-state index in [-0.39, 0.29) is 6.04 Å². The fraction of sp³-hybridized carbons (Fsp3) is 0.538. The molecule has 1 aromatic carbocycles. The Labute approximate surface area is 114 Å². The van der Waals surface area contributed by atoms with Crippen molar-refractivity contribution in [3.8, 4) is 0 Å². The van der Waals surface area contributed by atoms with Gasteiger partial charge in [0.15, 0.2) is 0 Å². The molecule has 6 heteroatoms. The van der Waals surface area contributed by atoms with Crippen LogP contribution in [-0.4, -0.2) is 39.5 Å². The molecule has 1 aliphatic rings. The van der Waals surface area contributed by atoms with Crippen LogP contribution in [0.25, 0.3) is 0 Å². The zero-order valence-electron chi connectivity index (χ0n) is 11.2. The SMILES string of the molecule is CN1CCCC(NS(=O)(=O)c2cccc(CN)c2)C1. The molecule has 1 aromatic rings. The monoisotopic (exact) mass is 283 g/mol. The molecule has 1 unspecified atom stereocenters. The Kier molecular flexibility index (Phi) is 4.57. The standard InChI is InChI=1S/C13H21N3O2S/c1-16-7-3-5-12(10-16)15-19(17,18)13-6-2-4-11(8-13)9-14/h2,4,6,8,12,15H,3,5,7,9-10,14H2,1H3. The predicted molar refractivity (Wildman–Crippen MR) is 75.2 cm³/mol. The van der Waals surface area contributed by atoms with E-state index in [4.69, 9.17) is 5.73 Å². The van der Waals surface area contributed by atoms with Crippen molar-refractivity contribution >= 4 is 10.0 Å². The third-order valence-corrected chi connectivity index (χ3v) is 4.91. The lowest BCUT2D eigenvalue weighted by Crippen LogP contribution is -2.46. The van der Waals surface area contributed by atoms with E-state index in [9.17, 15) is 8.42 Å². The Hall–Kier alpha value is -0.950. The van der Waals surface area contributed by atoms with Gasteiger partial charge < -0.3 is 10.6 Å². The minimum atomic E-state index is -3.45. The maximum absolute atomic E-state index is 12.3. The van der Waals surface area contributed by atoms with Crippen molar-refractivity contribution in [3.63, 3.8) is 0 Å². The summed E-state index contributed by atoms with van der Waals surface area (Å²) in [6, 6.07) is 6.78. The summed E-state index contributed by atoms with van der Waals surface area (Å²) in [4.78, 5) is 2.44. The second kappa shape index (κ2) is 6.00. The van der Waals surface area contributed by atoms with Crippen molar-refractivity contribution in [1.29, 1.82) is 0 Å². The van der Waals surface area contributed by atoms with E-state index in [1.54, 1.807) is 18.2 Å². The number of benzene rings is 1. The summed E-state index contributed by atoms with van der Waals surface area (Å²) in [7, 11) is -1.44. The molecule has 0 aromatic heterocycles. The van der Waals surface area contributed by atoms with Crippen molar-refractivity contribution in [2.45, 2.75) is 30.3 Å². The lowest BCUT2D eigenvalue weighted by molar-refractivity contribution is 0.242. The molecular formula is C13H21N3O2S. The molecule has 1 saturated heterocycles. The molecule has 1 atom stereocenters. The van der Waals surface area contributed by atoms with Crippen LogP contribution in [0, 0.1) is 0 Å². The van der Waals surface area contributed by atoms with Gasteiger partial charge in [-0.25, -0.2) is 13.1 Å². The zero-order valence-corrected chi connectivity index (χ0v) is 12.0. The number of nitrogens with one attached hydrogen (secondary N) is 1. The van der Waals surface area contributed by atoms with Gasteiger partial charge in [-0.05, 0) is 44.1 Å². The second-order valence-electron chi connectivity index (χ2n) is 5.07. The number of rotatable bonds is 4. The summed E-state index contributed by atoms with van der Waals surface area (Å²) in [6.45, 7) is 2.13. The molecular weight excluding hydrogens is 262 g/mol. The first-order valence-corrected chi connectivity index (χ1v) is 7.99. The summed E-state index contributed by atoms with van der Waals surface area (Å²) in [6.07, 6.45) is 1.91. The molecule has 0 saturated carbocycles. The summed E-state index contributed by atoms with van der Waals surface area (Å²) in [5.41, 5.74) is 6.37. The first kappa shape index (κ1) is 14.5. The fourth-order valence-electron chi connectivity index (χ4n) is 2.39. The van der Waals surface area contributed by atoms with Crippen molar-refractivity contribution in [3.05, 3.63) is 29.8 Å². The van der Waals surface area contributed by atoms with Crippen LogP contribution in [0.5, 0.6) is 0 Å². The van der Waals surface area contributed by atoms with Crippen molar-refractivity contribution in [2.75, 3.05) is 20.1 Å². The molecule has 0 aliphatic carbocycles. The summed E-state index contributed by atoms with van der Waals surface area (Å²) >= 11 is 0. The van der Waals surface area contributed by atoms with Gasteiger partial charge in [-0.2, -0.15) is 0 Å². The summed E-state index contributed by atoms with van der Waals surface area (Å²) in [5.74, 6) is 0. The van der Waals surface area contributed by atoms with Crippen LogP contribution in [0.2, 0.25) is 0 Å². The molecule has 2 rings (SSSR count). The molecule has 1 aliphatic heterocycles. The number of likely N-dealkylation sites (tertiary alicyclic amines) is 1. The molecule has 1 fully saturated rings. The highest BCUT2D eigenvalue weighted by Crippen LogP contribution is 2.15. The van der Waals surface area contributed by atoms with Gasteiger partial charge in [-0.3, -0.25) is 0 Å². The van der Waals surface area contributed by atoms with Gasteiger partial charge in [0.2, 0.25) is 10.0 Å². The van der Waals surface area contributed by atoms with Crippen LogP contribution in [0.4, 0.5) is 0 Å². The maximum atomic E-state index is 12.3. The zero-order chi connectivity index (χ0) is 13.9. The number of nitrogens with zero attached hydrogens (tertiary/aromatic N) is 1. The van der Waals surface area contributed by atoms with Gasteiger partial charge in [0.05, 0.1) is 4.90 Å². The van der Waals surface area contributed by atoms with Crippen molar-refractivity contribution in [1.82, 2.24) is 9.62 Å². The largest absolute Gasteiger partial charge is 0.326 e. The minimum Gasteiger partial charge on any atom is -0.326 e. The topological polar surface area (TPSA) is 75.4 Å². The quantitative estimate of drug-likeness (QED) is 0.844. The van der Waals surface area contributed by atoms with Crippen LogP contribution in [-0.2, 0) is 16.6 Å². The van der Waals surface area contributed by atoms with E-state index < -0.39 is 10.0 Å². The van der Waals surface area contributed by atoms with Crippen LogP contribution in [0.15, 0.2) is 29.2 Å². The van der Waals surface area contributed by atoms with Crippen LogP contribution in [0.1, 0.15) is 18.4 Å². The van der Waals surface area contributed by atoms with Crippen molar-refractivity contribution in [2.24, 2.45) is 5.73 Å². The van der Waals surface area contributed by atoms with Gasteiger partial charge in [-0.1, -0.05) is 12.1 Å². The lowest BCUT2D eigenvalue weighted by Gasteiger charge is -2.30. The van der Waals surface area contributed by atoms with Gasteiger partial charge in [0.1, 0.15) is 0 Å². The molecule has 0 bridgehead atoms. The summed E-state index contributed by atoms with van der Waals surface area (Å²) in [5, 5.41) is 0. The predicted octanol–water partition coefficient (Wildman–Crippen LogP) is 0.518. The first-order chi connectivity index (χ1) is 9.01. The Morgan fingerprint density at radius 2 is 2.26 bits per heavy atom. The van der Waals surface area contributed by atoms with Gasteiger partial charge in [0, 0.05) is 19.1 Å². The smallest absolute Gasteiger partial charge is 0.240 e. The van der Waals surface area contributed by atoms with E-state index in [0.29, 0.717) is 11.4 Å². The van der Waals surface area contributed by atoms with E-state index in [0.717, 1.165) is 31.5 Å². The minimum absolute atomic E-state index is 0.00900. The normalized spacial score (nSPS) is 21.5. The van der Waals surface area contributed by atoms with Gasteiger partial charge >= 0.3 is 0 Å². The fourth-order valence-corrected chi connectivity index (χ4v) is 3.72. The molecule has 1 heterocycles. The Balaban J connectivity index is 2.13. The van der Waals surface area contributed by atoms with E-state index in [1.807, 2.05) is 13.1 Å². The molecule has 0 amide bonds. The van der Waals surface area contributed by atoms with Gasteiger partial charge in [0.25, 0.3) is 0 Å². The van der Waals surface area contributed by atoms with Crippen LogP contribution >= 0.6 is 0 Å². The summed E-state index contributed by atoms with van der Waals surface area (Å²) < 4.78 is 27.4. The first-order valence-electron chi connectivity index (χ1n) is 6.51. The Morgan fingerprint density at radius 1 is 1.47 bits per heavy atom. The third-order valence-electron chi connectivity index (χ3n) is 3.39. The van der Waals surface area contributed by atoms with Gasteiger partial charge in [-0.15, -0.1) is 0 Å². The highest BCUT2D eigenvalue weighted by molar-refractivity contribution is 7.89. The lowest BCUT2D eigenvalue weighted by atomic mass is 10.1. The molecule has 5 nitrogen and oxygen atoms in total. The van der Waals surface area contributed by atoms with E-state index >= 15 is 0 Å². The number of hydrogen-bond donors (Lipinski definition) is 2. The average Bonchev–Trinajstić information content (AvgIpc) is 2.38. The molecule has 0 spiro atoms. The molecule has 19 heavy (non-hydrogen) atoms. The van der Waals surface area contributed by atoms with Crippen LogP contribution in [0.3, 0.4) is 0 Å². The third kappa shape index (κ3) is 3.76. The van der Waals surface area contributed by atoms with Crippen LogP contribution < -0.4 is 10.5 Å². The second-order valence-corrected chi connectivity index (χ2v) is 6.79. The Morgan fingerprint density at radius 3 is 2.95 bits per heavy atom. The maximum Gasteiger partial charge on any atom is 0.240 e. The number of nitrogens with two attached hydrogens (primary N) is 1. The Bertz CT molecular complexity index is 530. The van der Waals surface area contributed by atoms with E-state index in [1.165, 1.54) is 0 Å². The van der Waals surface area contributed by atoms with Crippen molar-refractivity contribution < 1.29 is 8.42 Å². The number of sulfonamides is 1. The number of likely N-dealkylation sites (N-methyl/N-ethyl adjacent to an activating group) is 1. The molecule has 3 N–H and O–H groups in total. The average molecular weight is 283 g/mol. The molecule has 106 valence electrons. The molecule has 0 radical (unpaired) electrons. The number of piperidine rings is 1. The van der Waals surface area contributed by atoms with E-state index in [2.05, 4.69) is 9.62 Å². The highest BCUT2D eigenvalue weighted by Gasteiger charge is 2.23.